The lowest BCUT2D eigenvalue weighted by atomic mass is 10.1. The third-order valence-electron chi connectivity index (χ3n) is 3.49. The van der Waals surface area contributed by atoms with Crippen LogP contribution in [0.3, 0.4) is 0 Å². The maximum absolute atomic E-state index is 4.48. The summed E-state index contributed by atoms with van der Waals surface area (Å²) in [6.45, 7) is 3.86. The first-order valence-corrected chi connectivity index (χ1v) is 6.61. The van der Waals surface area contributed by atoms with Crippen LogP contribution in [0.5, 0.6) is 0 Å². The van der Waals surface area contributed by atoms with Gasteiger partial charge in [0.1, 0.15) is 5.82 Å². The molecule has 0 N–H and O–H groups in total. The molecule has 5 heteroatoms. The fourth-order valence-corrected chi connectivity index (χ4v) is 2.63. The van der Waals surface area contributed by atoms with Gasteiger partial charge in [0.25, 0.3) is 0 Å². The molecule has 19 heavy (non-hydrogen) atoms. The van der Waals surface area contributed by atoms with E-state index in [1.54, 1.807) is 12.4 Å². The normalized spacial score (nSPS) is 19.7. The van der Waals surface area contributed by atoms with Crippen LogP contribution in [0.4, 0.5) is 0 Å². The molecule has 1 saturated heterocycles. The summed E-state index contributed by atoms with van der Waals surface area (Å²) in [5, 5.41) is 0. The van der Waals surface area contributed by atoms with Crippen LogP contribution in [0.1, 0.15) is 36.1 Å². The maximum atomic E-state index is 4.48. The van der Waals surface area contributed by atoms with Gasteiger partial charge in [-0.05, 0) is 32.4 Å². The Balaban J connectivity index is 1.77. The van der Waals surface area contributed by atoms with Crippen LogP contribution in [0.25, 0.3) is 0 Å². The monoisotopic (exact) mass is 255 g/mol. The number of aromatic nitrogens is 4. The van der Waals surface area contributed by atoms with Gasteiger partial charge in [0.05, 0.1) is 17.4 Å². The zero-order chi connectivity index (χ0) is 13.1. The van der Waals surface area contributed by atoms with Gasteiger partial charge in [-0.3, -0.25) is 14.9 Å². The highest BCUT2D eigenvalue weighted by Gasteiger charge is 2.27. The Hall–Kier alpha value is -1.88. The third-order valence-corrected chi connectivity index (χ3v) is 3.49. The van der Waals surface area contributed by atoms with Crippen molar-refractivity contribution in [3.8, 4) is 0 Å². The van der Waals surface area contributed by atoms with E-state index in [9.17, 15) is 0 Å². The highest BCUT2D eigenvalue weighted by Crippen LogP contribution is 2.31. The van der Waals surface area contributed by atoms with Gasteiger partial charge in [-0.2, -0.15) is 0 Å². The van der Waals surface area contributed by atoms with Gasteiger partial charge >= 0.3 is 0 Å². The quantitative estimate of drug-likeness (QED) is 0.838. The van der Waals surface area contributed by atoms with Crippen molar-refractivity contribution in [2.24, 2.45) is 0 Å². The smallest absolute Gasteiger partial charge is 0.125 e. The van der Waals surface area contributed by atoms with E-state index in [0.717, 1.165) is 36.7 Å². The molecule has 0 radical (unpaired) electrons. The lowest BCUT2D eigenvalue weighted by Gasteiger charge is -2.23. The Bertz CT molecular complexity index is 543. The number of likely N-dealkylation sites (tertiary alicyclic amines) is 1. The average Bonchev–Trinajstić information content (AvgIpc) is 2.88. The van der Waals surface area contributed by atoms with Gasteiger partial charge in [0.15, 0.2) is 0 Å². The number of rotatable bonds is 3. The third kappa shape index (κ3) is 2.76. The predicted octanol–water partition coefficient (Wildman–Crippen LogP) is 1.91. The molecule has 98 valence electrons. The molecular weight excluding hydrogens is 238 g/mol. The standard InChI is InChI=1S/C14H17N5/c1-11-16-5-4-12(18-11)10-19-8-2-3-14(19)13-9-15-6-7-17-13/h4-7,9,14H,2-3,8,10H2,1H3/t14-/m1/s1. The summed E-state index contributed by atoms with van der Waals surface area (Å²) in [5.41, 5.74) is 2.13. The first-order chi connectivity index (χ1) is 9.33. The average molecular weight is 255 g/mol. The van der Waals surface area contributed by atoms with Gasteiger partial charge in [-0.25, -0.2) is 9.97 Å². The Labute approximate surface area is 112 Å². The van der Waals surface area contributed by atoms with Crippen LogP contribution in [-0.2, 0) is 6.54 Å². The maximum Gasteiger partial charge on any atom is 0.125 e. The van der Waals surface area contributed by atoms with E-state index in [4.69, 9.17) is 0 Å². The van der Waals surface area contributed by atoms with Crippen LogP contribution >= 0.6 is 0 Å². The molecule has 0 unspecified atom stereocenters. The van der Waals surface area contributed by atoms with E-state index >= 15 is 0 Å². The second-order valence-electron chi connectivity index (χ2n) is 4.85. The van der Waals surface area contributed by atoms with Crippen molar-refractivity contribution >= 4 is 0 Å². The molecule has 3 heterocycles. The van der Waals surface area contributed by atoms with Gasteiger partial charge < -0.3 is 0 Å². The van der Waals surface area contributed by atoms with E-state index in [1.165, 1.54) is 6.42 Å². The summed E-state index contributed by atoms with van der Waals surface area (Å²) in [6.07, 6.45) is 9.52. The summed E-state index contributed by atoms with van der Waals surface area (Å²) in [7, 11) is 0. The number of aryl methyl sites for hydroxylation is 1. The van der Waals surface area contributed by atoms with Crippen LogP contribution in [0.2, 0.25) is 0 Å². The lowest BCUT2D eigenvalue weighted by molar-refractivity contribution is 0.241. The Morgan fingerprint density at radius 1 is 1.26 bits per heavy atom. The number of hydrogen-bond donors (Lipinski definition) is 0. The first-order valence-electron chi connectivity index (χ1n) is 6.61. The molecular formula is C14H17N5. The van der Waals surface area contributed by atoms with Gasteiger partial charge in [-0.15, -0.1) is 0 Å². The van der Waals surface area contributed by atoms with E-state index in [1.807, 2.05) is 25.4 Å². The molecule has 0 aliphatic carbocycles. The minimum absolute atomic E-state index is 0.365. The van der Waals surface area contributed by atoms with Crippen molar-refractivity contribution < 1.29 is 0 Å². The SMILES string of the molecule is Cc1nccc(CN2CCC[C@@H]2c2cnccn2)n1. The van der Waals surface area contributed by atoms with E-state index < -0.39 is 0 Å². The topological polar surface area (TPSA) is 54.8 Å². The van der Waals surface area contributed by atoms with Gasteiger partial charge in [0, 0.05) is 31.3 Å². The van der Waals surface area contributed by atoms with Crippen molar-refractivity contribution in [3.63, 3.8) is 0 Å². The van der Waals surface area contributed by atoms with Crippen molar-refractivity contribution in [2.75, 3.05) is 6.54 Å². The molecule has 1 atom stereocenters. The summed E-state index contributed by atoms with van der Waals surface area (Å²) in [6, 6.07) is 2.35. The molecule has 0 saturated carbocycles. The molecule has 1 aliphatic rings. The molecule has 2 aromatic heterocycles. The molecule has 1 aliphatic heterocycles. The largest absolute Gasteiger partial charge is 0.289 e. The van der Waals surface area contributed by atoms with E-state index in [-0.39, 0.29) is 0 Å². The van der Waals surface area contributed by atoms with Crippen LogP contribution in [-0.4, -0.2) is 31.4 Å². The zero-order valence-corrected chi connectivity index (χ0v) is 11.0. The fourth-order valence-electron chi connectivity index (χ4n) is 2.63. The Morgan fingerprint density at radius 3 is 3.00 bits per heavy atom. The molecule has 0 aromatic carbocycles. The van der Waals surface area contributed by atoms with Gasteiger partial charge in [0.2, 0.25) is 0 Å². The van der Waals surface area contributed by atoms with Crippen molar-refractivity contribution in [1.82, 2.24) is 24.8 Å². The lowest BCUT2D eigenvalue weighted by Crippen LogP contribution is -2.24. The first kappa shape index (κ1) is 12.2. The van der Waals surface area contributed by atoms with Crippen molar-refractivity contribution in [3.05, 3.63) is 48.1 Å². The molecule has 3 rings (SSSR count). The summed E-state index contributed by atoms with van der Waals surface area (Å²) >= 11 is 0. The minimum Gasteiger partial charge on any atom is -0.289 e. The zero-order valence-electron chi connectivity index (χ0n) is 11.0. The molecule has 5 nitrogen and oxygen atoms in total. The van der Waals surface area contributed by atoms with E-state index in [2.05, 4.69) is 24.8 Å². The van der Waals surface area contributed by atoms with Crippen LogP contribution in [0.15, 0.2) is 30.9 Å². The molecule has 1 fully saturated rings. The van der Waals surface area contributed by atoms with Crippen LogP contribution in [0, 0.1) is 6.92 Å². The van der Waals surface area contributed by atoms with Gasteiger partial charge in [-0.1, -0.05) is 0 Å². The van der Waals surface area contributed by atoms with E-state index in [0.29, 0.717) is 6.04 Å². The van der Waals surface area contributed by atoms with Crippen molar-refractivity contribution in [2.45, 2.75) is 32.4 Å². The molecule has 0 spiro atoms. The summed E-state index contributed by atoms with van der Waals surface area (Å²) in [4.78, 5) is 19.6. The highest BCUT2D eigenvalue weighted by molar-refractivity contribution is 5.08. The van der Waals surface area contributed by atoms with Crippen molar-refractivity contribution in [1.29, 1.82) is 0 Å². The molecule has 0 amide bonds. The number of hydrogen-bond acceptors (Lipinski definition) is 5. The Kier molecular flexibility index (Phi) is 3.46. The second-order valence-corrected chi connectivity index (χ2v) is 4.85. The summed E-state index contributed by atoms with van der Waals surface area (Å²) < 4.78 is 0. The minimum atomic E-state index is 0.365. The number of nitrogens with zero attached hydrogens (tertiary/aromatic N) is 5. The predicted molar refractivity (Wildman–Crippen MR) is 71.2 cm³/mol. The molecule has 0 bridgehead atoms. The van der Waals surface area contributed by atoms with Crippen LogP contribution < -0.4 is 0 Å². The Morgan fingerprint density at radius 2 is 2.21 bits per heavy atom. The highest BCUT2D eigenvalue weighted by atomic mass is 15.2. The summed E-state index contributed by atoms with van der Waals surface area (Å²) in [5.74, 6) is 0.827. The fraction of sp³-hybridized carbons (Fsp3) is 0.429. The molecule has 2 aromatic rings. The second kappa shape index (κ2) is 5.40.